The highest BCUT2D eigenvalue weighted by molar-refractivity contribution is 6.26. The van der Waals surface area contributed by atoms with E-state index in [9.17, 15) is 27.6 Å². The number of amidine groups is 1. The lowest BCUT2D eigenvalue weighted by Gasteiger charge is -2.41. The Hall–Kier alpha value is -3.55. The minimum absolute atomic E-state index is 0.0649. The van der Waals surface area contributed by atoms with Crippen molar-refractivity contribution in [3.05, 3.63) is 39.8 Å². The second kappa shape index (κ2) is 8.91. The maximum atomic E-state index is 15.1. The molecule has 0 aliphatic carbocycles. The fourth-order valence-corrected chi connectivity index (χ4v) is 4.25. The lowest BCUT2D eigenvalue weighted by atomic mass is 9.98. The van der Waals surface area contributed by atoms with E-state index in [1.165, 1.54) is 19.1 Å². The summed E-state index contributed by atoms with van der Waals surface area (Å²) < 4.78 is 55.1. The number of piperidine rings is 1. The first-order chi connectivity index (χ1) is 16.4. The van der Waals surface area contributed by atoms with Crippen LogP contribution in [0.25, 0.3) is 0 Å². The lowest BCUT2D eigenvalue weighted by Crippen LogP contribution is -2.56. The van der Waals surface area contributed by atoms with Gasteiger partial charge in [-0.15, -0.1) is 5.10 Å². The zero-order valence-corrected chi connectivity index (χ0v) is 19.1. The zero-order chi connectivity index (χ0) is 25.7. The molecule has 3 aliphatic rings. The average molecular weight is 497 g/mol. The van der Waals surface area contributed by atoms with Crippen molar-refractivity contribution in [3.8, 4) is 0 Å². The van der Waals surface area contributed by atoms with Crippen molar-refractivity contribution >= 4 is 29.7 Å². The first kappa shape index (κ1) is 24.6. The number of rotatable bonds is 3. The van der Waals surface area contributed by atoms with Crippen LogP contribution in [0, 0.1) is 0 Å². The van der Waals surface area contributed by atoms with Crippen LogP contribution in [-0.2, 0) is 18.0 Å². The number of hydrogen-bond donors (Lipinski definition) is 1. The number of urea groups is 1. The first-order valence-electron chi connectivity index (χ1n) is 10.7. The number of aliphatic imine (C=N–C) groups is 1. The largest absolute Gasteiger partial charge is 0.417 e. The molecule has 3 amide bonds. The van der Waals surface area contributed by atoms with E-state index in [1.54, 1.807) is 17.2 Å². The van der Waals surface area contributed by atoms with Gasteiger partial charge in [-0.3, -0.25) is 14.5 Å². The number of carbonyl (C=O) groups excluding carboxylic acids is 2. The third-order valence-corrected chi connectivity index (χ3v) is 6.23. The van der Waals surface area contributed by atoms with Gasteiger partial charge in [0.2, 0.25) is 0 Å². The molecule has 3 aliphatic heterocycles. The normalized spacial score (nSPS) is 24.7. The van der Waals surface area contributed by atoms with Gasteiger partial charge in [0.15, 0.2) is 5.84 Å². The molecule has 4 heterocycles. The van der Waals surface area contributed by atoms with Crippen molar-refractivity contribution in [2.45, 2.75) is 30.9 Å². The number of aromatic nitrogens is 1. The Morgan fingerprint density at radius 1 is 1.26 bits per heavy atom. The summed E-state index contributed by atoms with van der Waals surface area (Å²) in [4.78, 5) is 44.1. The molecule has 1 unspecified atom stereocenters. The summed E-state index contributed by atoms with van der Waals surface area (Å²) in [7, 11) is 3.97. The van der Waals surface area contributed by atoms with Crippen molar-refractivity contribution in [2.24, 2.45) is 17.1 Å². The molecule has 10 nitrogen and oxygen atoms in total. The summed E-state index contributed by atoms with van der Waals surface area (Å²) in [6.45, 7) is 0.301. The maximum Gasteiger partial charge on any atom is 0.417 e. The molecule has 4 rings (SSSR count). The monoisotopic (exact) mass is 497 g/mol. The van der Waals surface area contributed by atoms with Crippen molar-refractivity contribution in [1.82, 2.24) is 19.4 Å². The number of halogens is 4. The van der Waals surface area contributed by atoms with Gasteiger partial charge in [0.05, 0.1) is 23.2 Å². The highest BCUT2D eigenvalue weighted by Gasteiger charge is 2.38. The van der Waals surface area contributed by atoms with Gasteiger partial charge in [-0.1, -0.05) is 0 Å². The summed E-state index contributed by atoms with van der Waals surface area (Å²) in [5.41, 5.74) is -2.14. The number of aryl methyl sites for hydroxylation is 1. The van der Waals surface area contributed by atoms with Crippen LogP contribution in [0.3, 0.4) is 0 Å². The van der Waals surface area contributed by atoms with Crippen LogP contribution in [0.4, 0.5) is 28.0 Å². The van der Waals surface area contributed by atoms with Gasteiger partial charge in [-0.05, 0) is 18.6 Å². The Morgan fingerprint density at radius 3 is 2.63 bits per heavy atom. The van der Waals surface area contributed by atoms with E-state index in [0.29, 0.717) is 30.2 Å². The zero-order valence-electron chi connectivity index (χ0n) is 19.1. The van der Waals surface area contributed by atoms with Gasteiger partial charge in [0.1, 0.15) is 11.9 Å². The minimum atomic E-state index is -4.71. The molecule has 0 spiro atoms. The Morgan fingerprint density at radius 2 is 1.97 bits per heavy atom. The number of likely N-dealkylation sites (tertiary alicyclic amines) is 1. The quantitative estimate of drug-likeness (QED) is 0.639. The third kappa shape index (κ3) is 4.70. The number of likely N-dealkylation sites (N-methyl/N-ethyl adjacent to an activating group) is 1. The molecular weight excluding hydrogens is 474 g/mol. The van der Waals surface area contributed by atoms with Crippen LogP contribution in [0.5, 0.6) is 0 Å². The summed E-state index contributed by atoms with van der Waals surface area (Å²) in [6, 6.07) is -1.64. The molecule has 0 radical (unpaired) electrons. The predicted molar refractivity (Wildman–Crippen MR) is 119 cm³/mol. The number of hydrazone groups is 1. The number of dihydropyridines is 1. The van der Waals surface area contributed by atoms with E-state index < -0.39 is 47.3 Å². The molecule has 188 valence electrons. The molecule has 1 saturated heterocycles. The molecule has 35 heavy (non-hydrogen) atoms. The average Bonchev–Trinajstić information content (AvgIpc) is 3.08. The Bertz CT molecular complexity index is 1210. The Labute approximate surface area is 197 Å². The molecule has 3 atom stereocenters. The molecule has 1 N–H and O–H groups in total. The number of anilines is 1. The number of amides is 3. The number of nitrogens with one attached hydrogen (secondary N) is 1. The highest BCUT2D eigenvalue weighted by atomic mass is 19.4. The molecule has 0 aromatic carbocycles. The topological polar surface area (TPSA) is 103 Å². The first-order valence-corrected chi connectivity index (χ1v) is 10.7. The van der Waals surface area contributed by atoms with E-state index in [0.717, 1.165) is 16.5 Å². The highest BCUT2D eigenvalue weighted by Crippen LogP contribution is 2.30. The molecular formula is C21H23F4N7O3. The second-order valence-electron chi connectivity index (χ2n) is 8.57. The van der Waals surface area contributed by atoms with Crippen LogP contribution < -0.4 is 10.9 Å². The predicted octanol–water partition coefficient (Wildman–Crippen LogP) is 1.45. The van der Waals surface area contributed by atoms with E-state index in [-0.39, 0.29) is 18.9 Å². The fourth-order valence-electron chi connectivity index (χ4n) is 4.25. The van der Waals surface area contributed by atoms with Crippen molar-refractivity contribution < 1.29 is 27.2 Å². The van der Waals surface area contributed by atoms with Crippen LogP contribution in [0.1, 0.15) is 12.0 Å². The van der Waals surface area contributed by atoms with E-state index in [4.69, 9.17) is 0 Å². The molecule has 1 fully saturated rings. The number of carbonyl (C=O) groups is 2. The van der Waals surface area contributed by atoms with Gasteiger partial charge < -0.3 is 14.8 Å². The van der Waals surface area contributed by atoms with Crippen LogP contribution in [0.15, 0.2) is 38.8 Å². The van der Waals surface area contributed by atoms with E-state index in [2.05, 4.69) is 15.4 Å². The summed E-state index contributed by atoms with van der Waals surface area (Å²) >= 11 is 0. The van der Waals surface area contributed by atoms with Gasteiger partial charge >= 0.3 is 12.2 Å². The van der Waals surface area contributed by atoms with Crippen LogP contribution in [-0.4, -0.2) is 88.8 Å². The summed E-state index contributed by atoms with van der Waals surface area (Å²) in [5.74, 6) is 0.00301. The molecule has 14 heteroatoms. The molecule has 0 bridgehead atoms. The van der Waals surface area contributed by atoms with Crippen molar-refractivity contribution in [1.29, 1.82) is 0 Å². The van der Waals surface area contributed by atoms with Gasteiger partial charge in [0, 0.05) is 46.6 Å². The smallest absolute Gasteiger partial charge is 0.322 e. The molecule has 1 aromatic heterocycles. The minimum Gasteiger partial charge on any atom is -0.322 e. The fraction of sp³-hybridized carbons (Fsp3) is 0.476. The maximum absolute atomic E-state index is 15.1. The van der Waals surface area contributed by atoms with Crippen LogP contribution >= 0.6 is 0 Å². The van der Waals surface area contributed by atoms with E-state index in [1.807, 2.05) is 0 Å². The van der Waals surface area contributed by atoms with Crippen molar-refractivity contribution in [3.63, 3.8) is 0 Å². The molecule has 0 saturated carbocycles. The standard InChI is InChI=1S/C21H23F4N7O3/c1-29-9-11(21(23,24)25)6-15(19(29)34)27-20(35)30(2)16-4-5-32(10-14(16)22)12-7-13-17(26-8-12)28-31(3)18(13)33/h6-9,12,14,16H,4-5,10H2,1-3H3,(H,27,35)/t12?,14-,16-/m0/s1. The van der Waals surface area contributed by atoms with E-state index >= 15 is 4.39 Å². The molecule has 1 aromatic rings. The van der Waals surface area contributed by atoms with Crippen LogP contribution in [0.2, 0.25) is 0 Å². The number of alkyl halides is 4. The number of hydrogen-bond acceptors (Lipinski definition) is 6. The SMILES string of the molecule is CN1N=C2N=CC(N3CC[C@H](N(C)C(=O)Nc4cc(C(F)(F)F)cn(C)c4=O)[C@@H](F)C3)C=C2C1=O. The third-order valence-electron chi connectivity index (χ3n) is 6.23. The van der Waals surface area contributed by atoms with Gasteiger partial charge in [0.25, 0.3) is 11.5 Å². The van der Waals surface area contributed by atoms with Gasteiger partial charge in [-0.25, -0.2) is 19.2 Å². The number of nitrogens with zero attached hydrogens (tertiary/aromatic N) is 6. The number of pyridine rings is 1. The summed E-state index contributed by atoms with van der Waals surface area (Å²) in [6.07, 6.45) is -2.12. The second-order valence-corrected chi connectivity index (χ2v) is 8.57. The number of fused-ring (bicyclic) bond motifs is 1. The van der Waals surface area contributed by atoms with Crippen molar-refractivity contribution in [2.75, 3.05) is 32.5 Å². The van der Waals surface area contributed by atoms with Gasteiger partial charge in [-0.2, -0.15) is 13.2 Å². The Balaban J connectivity index is 1.42. The lowest BCUT2D eigenvalue weighted by molar-refractivity contribution is -0.138. The summed E-state index contributed by atoms with van der Waals surface area (Å²) in [5, 5.41) is 7.36. The Kier molecular flexibility index (Phi) is 6.25.